The van der Waals surface area contributed by atoms with E-state index in [0.717, 1.165) is 16.7 Å². The molecule has 5 nitrogen and oxygen atoms in total. The summed E-state index contributed by atoms with van der Waals surface area (Å²) in [5.41, 5.74) is 2.75. The van der Waals surface area contributed by atoms with Crippen LogP contribution in [0.5, 0.6) is 0 Å². The summed E-state index contributed by atoms with van der Waals surface area (Å²) in [5, 5.41) is 3.01. The van der Waals surface area contributed by atoms with E-state index in [1.807, 2.05) is 43.1 Å². The lowest BCUT2D eigenvalue weighted by molar-refractivity contribution is -0.142. The Bertz CT molecular complexity index is 884. The second-order valence-electron chi connectivity index (χ2n) is 8.38. The van der Waals surface area contributed by atoms with Crippen LogP contribution in [0.15, 0.2) is 61.4 Å². The number of carbonyl (C=O) groups excluding carboxylic acids is 2. The largest absolute Gasteiger partial charge is 0.352 e. The van der Waals surface area contributed by atoms with Crippen LogP contribution in [0.25, 0.3) is 11.1 Å². The zero-order valence-electron chi connectivity index (χ0n) is 17.9. The second-order valence-corrected chi connectivity index (χ2v) is 8.38. The van der Waals surface area contributed by atoms with Crippen molar-refractivity contribution in [1.29, 1.82) is 0 Å². The molecule has 0 spiro atoms. The number of aromatic nitrogens is 1. The number of piperidine rings is 1. The summed E-state index contributed by atoms with van der Waals surface area (Å²) in [4.78, 5) is 31.7. The monoisotopic (exact) mass is 405 g/mol. The summed E-state index contributed by atoms with van der Waals surface area (Å²) < 4.78 is 0. The van der Waals surface area contributed by atoms with Gasteiger partial charge in [-0.15, -0.1) is 6.58 Å². The first-order chi connectivity index (χ1) is 14.4. The van der Waals surface area contributed by atoms with Crippen LogP contribution in [0.4, 0.5) is 0 Å². The van der Waals surface area contributed by atoms with Crippen molar-refractivity contribution in [2.24, 2.45) is 11.3 Å². The number of hydrogen-bond donors (Lipinski definition) is 1. The molecule has 2 aromatic rings. The molecule has 0 radical (unpaired) electrons. The van der Waals surface area contributed by atoms with Gasteiger partial charge in [-0.25, -0.2) is 0 Å². The summed E-state index contributed by atoms with van der Waals surface area (Å²) in [6.07, 6.45) is 7.27. The lowest BCUT2D eigenvalue weighted by atomic mass is 9.72. The van der Waals surface area contributed by atoms with E-state index < -0.39 is 5.41 Å². The van der Waals surface area contributed by atoms with Gasteiger partial charge >= 0.3 is 0 Å². The van der Waals surface area contributed by atoms with Crippen LogP contribution in [-0.4, -0.2) is 41.3 Å². The zero-order valence-corrected chi connectivity index (χ0v) is 17.9. The first-order valence-corrected chi connectivity index (χ1v) is 10.6. The Morgan fingerprint density at radius 3 is 2.57 bits per heavy atom. The van der Waals surface area contributed by atoms with Crippen LogP contribution in [0.3, 0.4) is 0 Å². The van der Waals surface area contributed by atoms with Crippen LogP contribution in [0.1, 0.15) is 32.3 Å². The molecule has 3 rings (SSSR count). The molecule has 1 aromatic heterocycles. The zero-order chi connectivity index (χ0) is 21.6. The van der Waals surface area contributed by atoms with Crippen molar-refractivity contribution in [2.45, 2.75) is 33.1 Å². The molecule has 0 unspecified atom stereocenters. The average Bonchev–Trinajstić information content (AvgIpc) is 2.78. The molecule has 0 aliphatic carbocycles. The highest BCUT2D eigenvalue weighted by molar-refractivity contribution is 5.84. The molecule has 1 fully saturated rings. The Kier molecular flexibility index (Phi) is 7.03. The fourth-order valence-electron chi connectivity index (χ4n) is 4.14. The van der Waals surface area contributed by atoms with E-state index >= 15 is 0 Å². The van der Waals surface area contributed by atoms with Crippen molar-refractivity contribution in [3.8, 4) is 11.1 Å². The number of nitrogens with zero attached hydrogens (tertiary/aromatic N) is 2. The van der Waals surface area contributed by atoms with Gasteiger partial charge < -0.3 is 10.2 Å². The molecule has 2 heterocycles. The Morgan fingerprint density at radius 1 is 1.20 bits per heavy atom. The summed E-state index contributed by atoms with van der Waals surface area (Å²) in [5.74, 6) is 0.183. The molecule has 30 heavy (non-hydrogen) atoms. The van der Waals surface area contributed by atoms with Crippen molar-refractivity contribution in [1.82, 2.24) is 15.2 Å². The number of carbonyl (C=O) groups is 2. The highest BCUT2D eigenvalue weighted by atomic mass is 16.2. The van der Waals surface area contributed by atoms with Gasteiger partial charge in [0.2, 0.25) is 11.8 Å². The number of nitrogens with one attached hydrogen (secondary N) is 1. The maximum absolute atomic E-state index is 13.2. The number of amides is 2. The SMILES string of the molecule is C=CCNC(=O)C1(Cc2cccc(-c3cccnc3)c2)CCN(C(=O)C(C)C)CC1. The van der Waals surface area contributed by atoms with E-state index in [1.54, 1.807) is 12.3 Å². The number of likely N-dealkylation sites (tertiary alicyclic amines) is 1. The van der Waals surface area contributed by atoms with Gasteiger partial charge in [0.05, 0.1) is 5.41 Å². The van der Waals surface area contributed by atoms with Crippen molar-refractivity contribution >= 4 is 11.8 Å². The van der Waals surface area contributed by atoms with Crippen molar-refractivity contribution in [3.05, 3.63) is 67.0 Å². The molecule has 0 atom stereocenters. The Hall–Kier alpha value is -2.95. The van der Waals surface area contributed by atoms with Gasteiger partial charge in [-0.1, -0.05) is 50.3 Å². The maximum Gasteiger partial charge on any atom is 0.226 e. The van der Waals surface area contributed by atoms with Gasteiger partial charge in [-0.2, -0.15) is 0 Å². The molecule has 1 saturated heterocycles. The quantitative estimate of drug-likeness (QED) is 0.712. The summed E-state index contributed by atoms with van der Waals surface area (Å²) >= 11 is 0. The Balaban J connectivity index is 1.83. The lowest BCUT2D eigenvalue weighted by Gasteiger charge is -2.41. The third-order valence-corrected chi connectivity index (χ3v) is 5.88. The fourth-order valence-corrected chi connectivity index (χ4v) is 4.14. The topological polar surface area (TPSA) is 62.3 Å². The van der Waals surface area contributed by atoms with E-state index in [-0.39, 0.29) is 17.7 Å². The van der Waals surface area contributed by atoms with Crippen LogP contribution >= 0.6 is 0 Å². The number of hydrogen-bond acceptors (Lipinski definition) is 3. The van der Waals surface area contributed by atoms with Crippen LogP contribution in [0.2, 0.25) is 0 Å². The van der Waals surface area contributed by atoms with Gasteiger partial charge in [-0.05, 0) is 42.0 Å². The predicted octanol–water partition coefficient (Wildman–Crippen LogP) is 3.86. The Morgan fingerprint density at radius 2 is 1.93 bits per heavy atom. The fraction of sp³-hybridized carbons (Fsp3) is 0.400. The van der Waals surface area contributed by atoms with E-state index in [0.29, 0.717) is 38.9 Å². The second kappa shape index (κ2) is 9.70. The van der Waals surface area contributed by atoms with Crippen LogP contribution < -0.4 is 5.32 Å². The third kappa shape index (κ3) is 4.96. The molecule has 158 valence electrons. The van der Waals surface area contributed by atoms with Gasteiger partial charge in [0, 0.05) is 37.9 Å². The van der Waals surface area contributed by atoms with Gasteiger partial charge in [0.1, 0.15) is 0 Å². The predicted molar refractivity (Wildman–Crippen MR) is 120 cm³/mol. The third-order valence-electron chi connectivity index (χ3n) is 5.88. The molecule has 1 aliphatic rings. The van der Waals surface area contributed by atoms with E-state index in [4.69, 9.17) is 0 Å². The minimum atomic E-state index is -0.523. The van der Waals surface area contributed by atoms with Gasteiger partial charge in [-0.3, -0.25) is 14.6 Å². The van der Waals surface area contributed by atoms with E-state index in [1.165, 1.54) is 0 Å². The molecule has 1 N–H and O–H groups in total. The first kappa shape index (κ1) is 21.8. The average molecular weight is 406 g/mol. The summed E-state index contributed by atoms with van der Waals surface area (Å²) in [6, 6.07) is 12.3. The number of rotatable bonds is 7. The van der Waals surface area contributed by atoms with Gasteiger partial charge in [0.15, 0.2) is 0 Å². The molecule has 1 aliphatic heterocycles. The molecule has 2 amide bonds. The lowest BCUT2D eigenvalue weighted by Crippen LogP contribution is -2.52. The maximum atomic E-state index is 13.2. The highest BCUT2D eigenvalue weighted by Crippen LogP contribution is 2.37. The smallest absolute Gasteiger partial charge is 0.226 e. The van der Waals surface area contributed by atoms with E-state index in [9.17, 15) is 9.59 Å². The van der Waals surface area contributed by atoms with Crippen LogP contribution in [0, 0.1) is 11.3 Å². The highest BCUT2D eigenvalue weighted by Gasteiger charge is 2.42. The molecule has 1 aromatic carbocycles. The first-order valence-electron chi connectivity index (χ1n) is 10.6. The summed E-state index contributed by atoms with van der Waals surface area (Å²) in [6.45, 7) is 9.23. The minimum absolute atomic E-state index is 0.0248. The van der Waals surface area contributed by atoms with Crippen molar-refractivity contribution in [2.75, 3.05) is 19.6 Å². The molecule has 5 heteroatoms. The van der Waals surface area contributed by atoms with Crippen molar-refractivity contribution < 1.29 is 9.59 Å². The number of benzene rings is 1. The minimum Gasteiger partial charge on any atom is -0.352 e. The van der Waals surface area contributed by atoms with E-state index in [2.05, 4.69) is 35.1 Å². The van der Waals surface area contributed by atoms with Gasteiger partial charge in [0.25, 0.3) is 0 Å². The molecule has 0 bridgehead atoms. The molecule has 0 saturated carbocycles. The van der Waals surface area contributed by atoms with Crippen molar-refractivity contribution in [3.63, 3.8) is 0 Å². The molecular formula is C25H31N3O2. The van der Waals surface area contributed by atoms with Crippen LogP contribution in [-0.2, 0) is 16.0 Å². The molecular weight excluding hydrogens is 374 g/mol. The normalized spacial score (nSPS) is 15.6. The standard InChI is InChI=1S/C25H31N3O2/c1-4-12-27-24(30)25(10-14-28(15-11-25)23(29)19(2)3)17-20-7-5-8-21(16-20)22-9-6-13-26-18-22/h4-9,13,16,18-19H,1,10-12,14-15,17H2,2-3H3,(H,27,30). The number of pyridine rings is 1. The summed E-state index contributed by atoms with van der Waals surface area (Å²) in [7, 11) is 0. The Labute approximate surface area is 179 Å².